The van der Waals surface area contributed by atoms with E-state index in [9.17, 15) is 9.59 Å². The lowest BCUT2D eigenvalue weighted by Crippen LogP contribution is -2.50. The highest BCUT2D eigenvalue weighted by atomic mass is 16.4. The summed E-state index contributed by atoms with van der Waals surface area (Å²) in [6.45, 7) is 1.27. The van der Waals surface area contributed by atoms with Gasteiger partial charge in [-0.05, 0) is 48.6 Å². The molecule has 2 aliphatic rings. The van der Waals surface area contributed by atoms with E-state index in [0.29, 0.717) is 25.1 Å². The minimum atomic E-state index is -0.00342. The maximum Gasteiger partial charge on any atom is 0.253 e. The number of carbonyl (C=O) groups excluding carboxylic acids is 2. The predicted octanol–water partition coefficient (Wildman–Crippen LogP) is 3.08. The standard InChI is InChI=1S/C22H23N3O3/c26-21-10-9-17-3-1-2-4-20(17)25(21)19-11-13-24(14-12-19)22(27)18-7-5-16(6-8-18)15-23-28/h1-8,15,19,28H,9-14H2. The van der Waals surface area contributed by atoms with Crippen LogP contribution in [-0.4, -0.2) is 47.3 Å². The van der Waals surface area contributed by atoms with Gasteiger partial charge < -0.3 is 15.0 Å². The van der Waals surface area contributed by atoms with E-state index in [-0.39, 0.29) is 17.9 Å². The Kier molecular flexibility index (Phi) is 5.10. The molecule has 6 nitrogen and oxygen atoms in total. The fourth-order valence-electron chi connectivity index (χ4n) is 4.14. The van der Waals surface area contributed by atoms with E-state index in [1.54, 1.807) is 24.3 Å². The molecule has 1 fully saturated rings. The molecule has 2 aromatic rings. The number of fused-ring (bicyclic) bond motifs is 1. The lowest BCUT2D eigenvalue weighted by Gasteiger charge is -2.41. The molecule has 0 atom stereocenters. The Morgan fingerprint density at radius 2 is 1.75 bits per heavy atom. The minimum Gasteiger partial charge on any atom is -0.411 e. The van der Waals surface area contributed by atoms with Crippen molar-refractivity contribution in [3.8, 4) is 0 Å². The summed E-state index contributed by atoms with van der Waals surface area (Å²) in [4.78, 5) is 29.2. The number of hydrogen-bond acceptors (Lipinski definition) is 4. The molecule has 2 amide bonds. The van der Waals surface area contributed by atoms with E-state index in [0.717, 1.165) is 30.5 Å². The second-order valence-electron chi connectivity index (χ2n) is 7.28. The quantitative estimate of drug-likeness (QED) is 0.508. The molecule has 0 spiro atoms. The summed E-state index contributed by atoms with van der Waals surface area (Å²) in [5.41, 5.74) is 3.62. The number of piperidine rings is 1. The van der Waals surface area contributed by atoms with E-state index in [1.807, 2.05) is 28.0 Å². The summed E-state index contributed by atoms with van der Waals surface area (Å²) in [6.07, 6.45) is 4.24. The Bertz CT molecular complexity index is 899. The van der Waals surface area contributed by atoms with Gasteiger partial charge in [0, 0.05) is 36.8 Å². The van der Waals surface area contributed by atoms with E-state index in [1.165, 1.54) is 11.8 Å². The van der Waals surface area contributed by atoms with Crippen molar-refractivity contribution < 1.29 is 14.8 Å². The highest BCUT2D eigenvalue weighted by Crippen LogP contribution is 2.32. The second kappa shape index (κ2) is 7.84. The van der Waals surface area contributed by atoms with Crippen LogP contribution in [0.25, 0.3) is 0 Å². The van der Waals surface area contributed by atoms with Gasteiger partial charge in [-0.2, -0.15) is 0 Å². The number of para-hydroxylation sites is 1. The molecule has 4 rings (SSSR count). The topological polar surface area (TPSA) is 73.2 Å². The fraction of sp³-hybridized carbons (Fsp3) is 0.318. The summed E-state index contributed by atoms with van der Waals surface area (Å²) in [6, 6.07) is 15.3. The van der Waals surface area contributed by atoms with Crippen molar-refractivity contribution >= 4 is 23.7 Å². The van der Waals surface area contributed by atoms with Gasteiger partial charge >= 0.3 is 0 Å². The molecular formula is C22H23N3O3. The first-order valence-electron chi connectivity index (χ1n) is 9.64. The highest BCUT2D eigenvalue weighted by Gasteiger charge is 2.33. The molecule has 2 heterocycles. The summed E-state index contributed by atoms with van der Waals surface area (Å²) in [5.74, 6) is 0.181. The van der Waals surface area contributed by atoms with Crippen molar-refractivity contribution in [3.63, 3.8) is 0 Å². The van der Waals surface area contributed by atoms with Crippen LogP contribution in [0.15, 0.2) is 53.7 Å². The minimum absolute atomic E-state index is 0.00342. The molecule has 2 aromatic carbocycles. The van der Waals surface area contributed by atoms with Crippen LogP contribution in [-0.2, 0) is 11.2 Å². The number of likely N-dealkylation sites (tertiary alicyclic amines) is 1. The molecule has 0 aliphatic carbocycles. The molecule has 2 aliphatic heterocycles. The van der Waals surface area contributed by atoms with E-state index >= 15 is 0 Å². The van der Waals surface area contributed by atoms with Gasteiger partial charge in [0.15, 0.2) is 0 Å². The smallest absolute Gasteiger partial charge is 0.253 e. The number of anilines is 1. The third kappa shape index (κ3) is 3.50. The van der Waals surface area contributed by atoms with Gasteiger partial charge in [-0.25, -0.2) is 0 Å². The van der Waals surface area contributed by atoms with Crippen molar-refractivity contribution in [2.75, 3.05) is 18.0 Å². The molecular weight excluding hydrogens is 354 g/mol. The molecule has 144 valence electrons. The Hall–Kier alpha value is -3.15. The Labute approximate surface area is 164 Å². The van der Waals surface area contributed by atoms with Gasteiger partial charge in [0.25, 0.3) is 5.91 Å². The van der Waals surface area contributed by atoms with Crippen LogP contribution >= 0.6 is 0 Å². The normalized spacial score (nSPS) is 17.8. The van der Waals surface area contributed by atoms with Gasteiger partial charge in [-0.15, -0.1) is 0 Å². The summed E-state index contributed by atoms with van der Waals surface area (Å²) in [7, 11) is 0. The number of amides is 2. The Morgan fingerprint density at radius 3 is 2.46 bits per heavy atom. The van der Waals surface area contributed by atoms with Crippen LogP contribution in [0.3, 0.4) is 0 Å². The zero-order valence-corrected chi connectivity index (χ0v) is 15.6. The highest BCUT2D eigenvalue weighted by molar-refractivity contribution is 5.97. The van der Waals surface area contributed by atoms with Crippen LogP contribution in [0.2, 0.25) is 0 Å². The van der Waals surface area contributed by atoms with Crippen molar-refractivity contribution in [1.82, 2.24) is 4.90 Å². The zero-order valence-electron chi connectivity index (χ0n) is 15.6. The lowest BCUT2D eigenvalue weighted by atomic mass is 9.95. The third-order valence-corrected chi connectivity index (χ3v) is 5.61. The molecule has 0 bridgehead atoms. The van der Waals surface area contributed by atoms with Crippen LogP contribution in [0.4, 0.5) is 5.69 Å². The van der Waals surface area contributed by atoms with Crippen molar-refractivity contribution in [2.24, 2.45) is 5.16 Å². The van der Waals surface area contributed by atoms with Crippen molar-refractivity contribution in [2.45, 2.75) is 31.7 Å². The SMILES string of the molecule is O=C(c1ccc(C=NO)cc1)N1CCC(N2C(=O)CCc3ccccc32)CC1. The number of nitrogens with zero attached hydrogens (tertiary/aromatic N) is 3. The van der Waals surface area contributed by atoms with Crippen LogP contribution in [0.5, 0.6) is 0 Å². The average Bonchev–Trinajstić information content (AvgIpc) is 2.74. The van der Waals surface area contributed by atoms with Crippen molar-refractivity contribution in [3.05, 3.63) is 65.2 Å². The van der Waals surface area contributed by atoms with Crippen LogP contribution < -0.4 is 4.90 Å². The number of oxime groups is 1. The molecule has 1 N–H and O–H groups in total. The summed E-state index contributed by atoms with van der Waals surface area (Å²) < 4.78 is 0. The number of carbonyl (C=O) groups is 2. The Balaban J connectivity index is 1.43. The summed E-state index contributed by atoms with van der Waals surface area (Å²) >= 11 is 0. The molecule has 0 saturated carbocycles. The number of benzene rings is 2. The molecule has 28 heavy (non-hydrogen) atoms. The molecule has 1 saturated heterocycles. The molecule has 6 heteroatoms. The number of hydrogen-bond donors (Lipinski definition) is 1. The second-order valence-corrected chi connectivity index (χ2v) is 7.28. The first kappa shape index (κ1) is 18.2. The van der Waals surface area contributed by atoms with Gasteiger partial charge in [-0.1, -0.05) is 35.5 Å². The zero-order chi connectivity index (χ0) is 19.5. The lowest BCUT2D eigenvalue weighted by molar-refractivity contribution is -0.119. The average molecular weight is 377 g/mol. The molecule has 0 aromatic heterocycles. The molecule has 0 unspecified atom stereocenters. The third-order valence-electron chi connectivity index (χ3n) is 5.61. The fourth-order valence-corrected chi connectivity index (χ4v) is 4.14. The first-order valence-corrected chi connectivity index (χ1v) is 9.64. The van der Waals surface area contributed by atoms with Gasteiger partial charge in [0.1, 0.15) is 0 Å². The van der Waals surface area contributed by atoms with Gasteiger partial charge in [0.2, 0.25) is 5.91 Å². The monoisotopic (exact) mass is 377 g/mol. The van der Waals surface area contributed by atoms with E-state index in [4.69, 9.17) is 5.21 Å². The molecule has 0 radical (unpaired) electrons. The number of rotatable bonds is 3. The first-order chi connectivity index (χ1) is 13.7. The maximum atomic E-state index is 12.8. The maximum absolute atomic E-state index is 12.8. The van der Waals surface area contributed by atoms with Crippen LogP contribution in [0, 0.1) is 0 Å². The van der Waals surface area contributed by atoms with Crippen LogP contribution in [0.1, 0.15) is 40.7 Å². The van der Waals surface area contributed by atoms with Crippen molar-refractivity contribution in [1.29, 1.82) is 0 Å². The predicted molar refractivity (Wildman–Crippen MR) is 107 cm³/mol. The van der Waals surface area contributed by atoms with E-state index in [2.05, 4.69) is 11.2 Å². The number of aryl methyl sites for hydroxylation is 1. The Morgan fingerprint density at radius 1 is 1.04 bits per heavy atom. The largest absolute Gasteiger partial charge is 0.411 e. The van der Waals surface area contributed by atoms with Gasteiger partial charge in [0.05, 0.1) is 6.21 Å². The van der Waals surface area contributed by atoms with E-state index < -0.39 is 0 Å². The van der Waals surface area contributed by atoms with Gasteiger partial charge in [-0.3, -0.25) is 9.59 Å². The summed E-state index contributed by atoms with van der Waals surface area (Å²) in [5, 5.41) is 11.6.